The van der Waals surface area contributed by atoms with Crippen LogP contribution in [0.1, 0.15) is 41.5 Å². The Morgan fingerprint density at radius 1 is 1.00 bits per heavy atom. The molecular weight excluding hydrogens is 372 g/mol. The fourth-order valence-electron chi connectivity index (χ4n) is 3.47. The quantitative estimate of drug-likeness (QED) is 0.460. The molecule has 4 N–H and O–H groups in total. The molecule has 27 heavy (non-hydrogen) atoms. The van der Waals surface area contributed by atoms with Gasteiger partial charge in [0.2, 0.25) is 0 Å². The minimum Gasteiger partial charge on any atom is -0.394 e. The molecular formula is C18H32O8Si. The molecule has 9 heteroatoms. The van der Waals surface area contributed by atoms with Gasteiger partial charge in [-0.05, 0) is 25.8 Å². The second-order valence-corrected chi connectivity index (χ2v) is 14.7. The van der Waals surface area contributed by atoms with Crippen molar-refractivity contribution in [3.05, 3.63) is 0 Å². The minimum atomic E-state index is -3.16. The molecule has 0 aromatic rings. The number of Topliss-reactive ketones (excluding diaryl/α,β-unsaturated/α-hetero) is 3. The van der Waals surface area contributed by atoms with Crippen molar-refractivity contribution in [2.45, 2.75) is 88.3 Å². The average Bonchev–Trinajstić information content (AvgIpc) is 2.50. The van der Waals surface area contributed by atoms with Gasteiger partial charge in [0, 0.05) is 0 Å². The second-order valence-electron chi connectivity index (χ2n) is 9.15. The molecule has 1 unspecified atom stereocenters. The summed E-state index contributed by atoms with van der Waals surface area (Å²) in [7, 11) is -2.67. The Labute approximate surface area is 160 Å². The van der Waals surface area contributed by atoms with Gasteiger partial charge in [-0.1, -0.05) is 33.9 Å². The maximum absolute atomic E-state index is 12.5. The first-order chi connectivity index (χ1) is 11.8. The predicted molar refractivity (Wildman–Crippen MR) is 99.8 cm³/mol. The van der Waals surface area contributed by atoms with Gasteiger partial charge in [-0.15, -0.1) is 0 Å². The van der Waals surface area contributed by atoms with Gasteiger partial charge in [0.1, 0.15) is 6.10 Å². The van der Waals surface area contributed by atoms with Gasteiger partial charge in [0.05, 0.1) is 20.4 Å². The van der Waals surface area contributed by atoms with Gasteiger partial charge in [-0.25, -0.2) is 0 Å². The highest BCUT2D eigenvalue weighted by Crippen LogP contribution is 2.48. The smallest absolute Gasteiger partial charge is 0.199 e. The summed E-state index contributed by atoms with van der Waals surface area (Å²) in [4.78, 5) is 36.9. The Balaban J connectivity index is 3.77. The van der Waals surface area contributed by atoms with E-state index in [1.165, 1.54) is 0 Å². The summed E-state index contributed by atoms with van der Waals surface area (Å²) < 4.78 is 5.45. The number of rotatable bonds is 5. The third-order valence-electron chi connectivity index (χ3n) is 6.62. The first-order valence-corrected chi connectivity index (χ1v) is 11.9. The van der Waals surface area contributed by atoms with E-state index in [2.05, 4.69) is 0 Å². The molecule has 0 radical (unpaired) electrons. The van der Waals surface area contributed by atoms with Crippen molar-refractivity contribution in [2.24, 2.45) is 0 Å². The lowest BCUT2D eigenvalue weighted by Crippen LogP contribution is -2.85. The molecule has 0 saturated carbocycles. The minimum absolute atomic E-state index is 0.393. The van der Waals surface area contributed by atoms with Crippen LogP contribution in [0.4, 0.5) is 0 Å². The Morgan fingerprint density at radius 2 is 1.44 bits per heavy atom. The molecule has 0 spiro atoms. The van der Waals surface area contributed by atoms with Gasteiger partial charge in [0.15, 0.2) is 34.2 Å². The van der Waals surface area contributed by atoms with E-state index in [4.69, 9.17) is 4.74 Å². The SMILES string of the molecule is CC(=O)[C@@]1(O)[C@](O)(C(C)=O)CO[C@H](C(O)[Si](C)(C)C(C)(C)C)[C@]1(O)C(C)=O. The van der Waals surface area contributed by atoms with Crippen molar-refractivity contribution in [1.82, 2.24) is 0 Å². The Hall–Kier alpha value is -0.973. The number of hydrogen-bond donors (Lipinski definition) is 4. The zero-order valence-electron chi connectivity index (χ0n) is 17.3. The number of ether oxygens (including phenoxy) is 1. The first kappa shape index (κ1) is 24.1. The van der Waals surface area contributed by atoms with E-state index >= 15 is 0 Å². The first-order valence-electron chi connectivity index (χ1n) is 8.83. The molecule has 1 aliphatic rings. The van der Waals surface area contributed by atoms with Crippen LogP contribution in [0.3, 0.4) is 0 Å². The third-order valence-corrected chi connectivity index (χ3v) is 12.3. The van der Waals surface area contributed by atoms with Crippen LogP contribution in [0.2, 0.25) is 18.1 Å². The van der Waals surface area contributed by atoms with E-state index in [1.54, 1.807) is 0 Å². The summed E-state index contributed by atoms with van der Waals surface area (Å²) in [5, 5.41) is 43.9. The molecule has 0 aromatic heterocycles. The molecule has 1 saturated heterocycles. The van der Waals surface area contributed by atoms with E-state index in [0.29, 0.717) is 0 Å². The topological polar surface area (TPSA) is 141 Å². The normalized spacial score (nSPS) is 36.2. The molecule has 1 fully saturated rings. The number of aliphatic hydroxyl groups excluding tert-OH is 1. The van der Waals surface area contributed by atoms with Gasteiger partial charge in [0.25, 0.3) is 0 Å². The zero-order valence-corrected chi connectivity index (χ0v) is 18.3. The summed E-state index contributed by atoms with van der Waals surface area (Å²) in [5.41, 5.74) is -10.4. The standard InChI is InChI=1S/C18H32O8Si/c1-10(19)16(23)9-26-13(14(22)27(7,8)15(4,5)6)17(24,11(2)20)18(16,25)12(3)21/h13-14,22-25H,9H2,1-8H3/t13-,14?,16-,17-,18-/m1/s1. The molecule has 0 bridgehead atoms. The lowest BCUT2D eigenvalue weighted by molar-refractivity contribution is -0.302. The monoisotopic (exact) mass is 404 g/mol. The molecule has 0 aromatic carbocycles. The van der Waals surface area contributed by atoms with Crippen LogP contribution in [0, 0.1) is 0 Å². The fraction of sp³-hybridized carbons (Fsp3) is 0.833. The van der Waals surface area contributed by atoms with Gasteiger partial charge in [-0.2, -0.15) is 0 Å². The highest BCUT2D eigenvalue weighted by Gasteiger charge is 2.76. The molecule has 1 aliphatic heterocycles. The van der Waals surface area contributed by atoms with E-state index in [-0.39, 0.29) is 0 Å². The molecule has 8 nitrogen and oxygen atoms in total. The summed E-state index contributed by atoms with van der Waals surface area (Å²) in [5.74, 6) is -3.31. The van der Waals surface area contributed by atoms with Crippen LogP contribution in [0.5, 0.6) is 0 Å². The maximum Gasteiger partial charge on any atom is 0.199 e. The van der Waals surface area contributed by atoms with Crippen LogP contribution in [-0.4, -0.2) is 81.1 Å². The number of aliphatic hydroxyl groups is 4. The number of ketones is 3. The lowest BCUT2D eigenvalue weighted by atomic mass is 9.62. The summed E-state index contributed by atoms with van der Waals surface area (Å²) >= 11 is 0. The highest BCUT2D eigenvalue weighted by molar-refractivity contribution is 6.81. The maximum atomic E-state index is 12.5. The second kappa shape index (κ2) is 6.82. The van der Waals surface area contributed by atoms with Crippen molar-refractivity contribution < 1.29 is 39.5 Å². The van der Waals surface area contributed by atoms with E-state index in [9.17, 15) is 34.8 Å². The van der Waals surface area contributed by atoms with E-state index in [1.807, 2.05) is 33.9 Å². The summed E-state index contributed by atoms with van der Waals surface area (Å²) in [6.45, 7) is 11.2. The molecule has 1 heterocycles. The van der Waals surface area contributed by atoms with E-state index < -0.39 is 65.7 Å². The van der Waals surface area contributed by atoms with Crippen LogP contribution >= 0.6 is 0 Å². The van der Waals surface area contributed by atoms with Crippen molar-refractivity contribution in [2.75, 3.05) is 6.61 Å². The fourth-order valence-corrected chi connectivity index (χ4v) is 5.45. The molecule has 0 amide bonds. The van der Waals surface area contributed by atoms with Crippen molar-refractivity contribution in [1.29, 1.82) is 0 Å². The van der Waals surface area contributed by atoms with Gasteiger partial charge >= 0.3 is 0 Å². The largest absolute Gasteiger partial charge is 0.394 e. The van der Waals surface area contributed by atoms with Crippen LogP contribution in [0.15, 0.2) is 0 Å². The Bertz CT molecular complexity index is 654. The molecule has 1 rings (SSSR count). The summed E-state index contributed by atoms with van der Waals surface area (Å²) in [6.07, 6.45) is -1.69. The molecule has 5 atom stereocenters. The average molecular weight is 405 g/mol. The van der Waals surface area contributed by atoms with Crippen molar-refractivity contribution in [3.63, 3.8) is 0 Å². The summed E-state index contributed by atoms with van der Waals surface area (Å²) in [6, 6.07) is 0. The molecule has 0 aliphatic carbocycles. The van der Waals surface area contributed by atoms with Crippen LogP contribution in [0.25, 0.3) is 0 Å². The van der Waals surface area contributed by atoms with Gasteiger partial charge in [-0.3, -0.25) is 14.4 Å². The van der Waals surface area contributed by atoms with Crippen molar-refractivity contribution >= 4 is 25.4 Å². The Morgan fingerprint density at radius 3 is 1.74 bits per heavy atom. The van der Waals surface area contributed by atoms with Crippen LogP contribution in [-0.2, 0) is 19.1 Å². The molecule has 156 valence electrons. The Kier molecular flexibility index (Phi) is 6.08. The van der Waals surface area contributed by atoms with Crippen molar-refractivity contribution in [3.8, 4) is 0 Å². The van der Waals surface area contributed by atoms with Crippen LogP contribution < -0.4 is 0 Å². The predicted octanol–water partition coefficient (Wildman–Crippen LogP) is -0.246. The van der Waals surface area contributed by atoms with Gasteiger partial charge < -0.3 is 25.2 Å². The number of carbonyl (C=O) groups is 3. The lowest BCUT2D eigenvalue weighted by Gasteiger charge is -2.57. The zero-order chi connectivity index (χ0) is 21.8. The number of hydrogen-bond acceptors (Lipinski definition) is 8. The highest BCUT2D eigenvalue weighted by atomic mass is 28.3. The van der Waals surface area contributed by atoms with E-state index in [0.717, 1.165) is 20.8 Å². The third kappa shape index (κ3) is 3.04. The number of carbonyl (C=O) groups excluding carboxylic acids is 3.